The number of benzene rings is 1. The molecule has 1 aliphatic heterocycles. The summed E-state index contributed by atoms with van der Waals surface area (Å²) < 4.78 is 19.7. The lowest BCUT2D eigenvalue weighted by atomic mass is 10.0. The molecule has 1 nitrogen and oxygen atoms in total. The second-order valence-electron chi connectivity index (χ2n) is 3.90. The molecule has 13 heavy (non-hydrogen) atoms. The van der Waals surface area contributed by atoms with Gasteiger partial charge in [-0.3, -0.25) is 0 Å². The van der Waals surface area contributed by atoms with Crippen molar-refractivity contribution in [3.63, 3.8) is 0 Å². The van der Waals surface area contributed by atoms with E-state index in [2.05, 4.69) is 15.9 Å². The molecule has 0 saturated carbocycles. The molecular formula is C10H10BrFO. The maximum Gasteiger partial charge on any atom is 0.131 e. The predicted molar refractivity (Wildman–Crippen MR) is 52.5 cm³/mol. The number of halogens is 2. The third-order valence-corrected chi connectivity index (χ3v) is 2.57. The van der Waals surface area contributed by atoms with Gasteiger partial charge >= 0.3 is 0 Å². The van der Waals surface area contributed by atoms with E-state index in [1.54, 1.807) is 0 Å². The van der Waals surface area contributed by atoms with Crippen molar-refractivity contribution >= 4 is 15.9 Å². The normalized spacial score (nSPS) is 18.2. The lowest BCUT2D eigenvalue weighted by molar-refractivity contribution is 0.138. The van der Waals surface area contributed by atoms with Crippen LogP contribution in [0.15, 0.2) is 16.6 Å². The Kier molecular flexibility index (Phi) is 1.88. The summed E-state index contributed by atoms with van der Waals surface area (Å²) in [5, 5.41) is 0. The Bertz CT molecular complexity index is 360. The van der Waals surface area contributed by atoms with Crippen molar-refractivity contribution in [1.82, 2.24) is 0 Å². The van der Waals surface area contributed by atoms with Crippen molar-refractivity contribution in [2.75, 3.05) is 0 Å². The molecule has 70 valence electrons. The third kappa shape index (κ3) is 1.57. The SMILES string of the molecule is CC1(C)Cc2c(F)cc(Br)cc2O1. The molecule has 0 radical (unpaired) electrons. The second kappa shape index (κ2) is 2.71. The molecule has 0 bridgehead atoms. The Morgan fingerprint density at radius 2 is 2.15 bits per heavy atom. The second-order valence-corrected chi connectivity index (χ2v) is 4.82. The highest BCUT2D eigenvalue weighted by atomic mass is 79.9. The molecule has 0 N–H and O–H groups in total. The fraction of sp³-hybridized carbons (Fsp3) is 0.400. The molecule has 1 aromatic carbocycles. The van der Waals surface area contributed by atoms with Crippen LogP contribution in [0.25, 0.3) is 0 Å². The Morgan fingerprint density at radius 3 is 2.85 bits per heavy atom. The highest BCUT2D eigenvalue weighted by molar-refractivity contribution is 9.10. The predicted octanol–water partition coefficient (Wildman–Crippen LogP) is 3.30. The molecule has 0 aromatic heterocycles. The van der Waals surface area contributed by atoms with Crippen LogP contribution in [0.4, 0.5) is 4.39 Å². The molecule has 0 amide bonds. The highest BCUT2D eigenvalue weighted by Crippen LogP contribution is 2.38. The minimum Gasteiger partial charge on any atom is -0.487 e. The fourth-order valence-electron chi connectivity index (χ4n) is 1.60. The summed E-state index contributed by atoms with van der Waals surface area (Å²) in [5.74, 6) is 0.479. The number of fused-ring (bicyclic) bond motifs is 1. The summed E-state index contributed by atoms with van der Waals surface area (Å²) in [6.07, 6.45) is 0.640. The van der Waals surface area contributed by atoms with Crippen molar-refractivity contribution in [3.8, 4) is 5.75 Å². The first-order valence-corrected chi connectivity index (χ1v) is 4.94. The quantitative estimate of drug-likeness (QED) is 0.681. The minimum absolute atomic E-state index is 0.185. The van der Waals surface area contributed by atoms with E-state index in [1.165, 1.54) is 6.07 Å². The van der Waals surface area contributed by atoms with Gasteiger partial charge in [0.05, 0.1) is 0 Å². The zero-order chi connectivity index (χ0) is 9.64. The standard InChI is InChI=1S/C10H10BrFO/c1-10(2)5-7-8(12)3-6(11)4-9(7)13-10/h3-4H,5H2,1-2H3. The van der Waals surface area contributed by atoms with Gasteiger partial charge in [-0.05, 0) is 26.0 Å². The number of hydrogen-bond donors (Lipinski definition) is 0. The number of rotatable bonds is 0. The first kappa shape index (κ1) is 9.00. The lowest BCUT2D eigenvalue weighted by Gasteiger charge is -2.16. The smallest absolute Gasteiger partial charge is 0.131 e. The maximum atomic E-state index is 13.4. The van der Waals surface area contributed by atoms with Crippen LogP contribution in [-0.4, -0.2) is 5.60 Å². The Morgan fingerprint density at radius 1 is 1.46 bits per heavy atom. The van der Waals surface area contributed by atoms with Crippen LogP contribution >= 0.6 is 15.9 Å². The Hall–Kier alpha value is -0.570. The fourth-order valence-corrected chi connectivity index (χ4v) is 2.01. The van der Waals surface area contributed by atoms with Crippen LogP contribution < -0.4 is 4.74 Å². The van der Waals surface area contributed by atoms with Gasteiger partial charge in [0.2, 0.25) is 0 Å². The zero-order valence-electron chi connectivity index (χ0n) is 7.53. The van der Waals surface area contributed by atoms with Gasteiger partial charge in [-0.2, -0.15) is 0 Å². The molecule has 0 atom stereocenters. The number of ether oxygens (including phenoxy) is 1. The minimum atomic E-state index is -0.274. The molecule has 0 saturated heterocycles. The largest absolute Gasteiger partial charge is 0.487 e. The molecule has 1 heterocycles. The molecular weight excluding hydrogens is 235 g/mol. The van der Waals surface area contributed by atoms with E-state index in [9.17, 15) is 4.39 Å². The van der Waals surface area contributed by atoms with E-state index in [0.29, 0.717) is 17.7 Å². The first-order chi connectivity index (χ1) is 5.98. The van der Waals surface area contributed by atoms with Gasteiger partial charge in [0.25, 0.3) is 0 Å². The van der Waals surface area contributed by atoms with Gasteiger partial charge in [-0.25, -0.2) is 4.39 Å². The summed E-state index contributed by atoms with van der Waals surface area (Å²) in [5.41, 5.74) is 0.414. The van der Waals surface area contributed by atoms with Crippen LogP contribution in [0.1, 0.15) is 19.4 Å². The molecule has 2 rings (SSSR count). The van der Waals surface area contributed by atoms with E-state index in [1.807, 2.05) is 19.9 Å². The average molecular weight is 245 g/mol. The van der Waals surface area contributed by atoms with Gasteiger partial charge < -0.3 is 4.74 Å². The molecule has 1 aromatic rings. The maximum absolute atomic E-state index is 13.4. The zero-order valence-corrected chi connectivity index (χ0v) is 9.11. The van der Waals surface area contributed by atoms with E-state index in [-0.39, 0.29) is 11.4 Å². The molecule has 0 spiro atoms. The van der Waals surface area contributed by atoms with Crippen LogP contribution in [0.2, 0.25) is 0 Å². The van der Waals surface area contributed by atoms with Crippen molar-refractivity contribution in [2.45, 2.75) is 25.9 Å². The van der Waals surface area contributed by atoms with Crippen molar-refractivity contribution in [2.24, 2.45) is 0 Å². The third-order valence-electron chi connectivity index (χ3n) is 2.11. The summed E-state index contributed by atoms with van der Waals surface area (Å²) in [7, 11) is 0. The van der Waals surface area contributed by atoms with Crippen molar-refractivity contribution < 1.29 is 9.13 Å². The first-order valence-electron chi connectivity index (χ1n) is 4.15. The van der Waals surface area contributed by atoms with E-state index < -0.39 is 0 Å². The van der Waals surface area contributed by atoms with E-state index in [0.717, 1.165) is 4.47 Å². The van der Waals surface area contributed by atoms with Gasteiger partial charge in [0.15, 0.2) is 0 Å². The topological polar surface area (TPSA) is 9.23 Å². The highest BCUT2D eigenvalue weighted by Gasteiger charge is 2.32. The van der Waals surface area contributed by atoms with Crippen LogP contribution in [-0.2, 0) is 6.42 Å². The van der Waals surface area contributed by atoms with Crippen LogP contribution in [0.3, 0.4) is 0 Å². The summed E-state index contributed by atoms with van der Waals surface area (Å²) in [6, 6.07) is 3.29. The molecule has 0 aliphatic carbocycles. The number of hydrogen-bond acceptors (Lipinski definition) is 1. The summed E-state index contributed by atoms with van der Waals surface area (Å²) >= 11 is 3.23. The van der Waals surface area contributed by atoms with Gasteiger partial charge in [0.1, 0.15) is 17.2 Å². The van der Waals surface area contributed by atoms with E-state index >= 15 is 0 Å². The van der Waals surface area contributed by atoms with Gasteiger partial charge in [-0.1, -0.05) is 15.9 Å². The average Bonchev–Trinajstić information content (AvgIpc) is 2.23. The van der Waals surface area contributed by atoms with Crippen molar-refractivity contribution in [1.29, 1.82) is 0 Å². The van der Waals surface area contributed by atoms with Crippen molar-refractivity contribution in [3.05, 3.63) is 28.0 Å². The van der Waals surface area contributed by atoms with Crippen LogP contribution in [0.5, 0.6) is 5.75 Å². The summed E-state index contributed by atoms with van der Waals surface area (Å²) in [6.45, 7) is 3.92. The lowest BCUT2D eigenvalue weighted by Crippen LogP contribution is -2.24. The summed E-state index contributed by atoms with van der Waals surface area (Å²) in [4.78, 5) is 0. The molecule has 3 heteroatoms. The van der Waals surface area contributed by atoms with Gasteiger partial charge in [0, 0.05) is 16.5 Å². The van der Waals surface area contributed by atoms with Gasteiger partial charge in [-0.15, -0.1) is 0 Å². The molecule has 0 unspecified atom stereocenters. The molecule has 0 fully saturated rings. The monoisotopic (exact) mass is 244 g/mol. The Balaban J connectivity index is 2.52. The Labute approximate surface area is 85.0 Å². The molecule has 1 aliphatic rings. The van der Waals surface area contributed by atoms with Crippen LogP contribution in [0, 0.1) is 5.82 Å². The van der Waals surface area contributed by atoms with E-state index in [4.69, 9.17) is 4.74 Å².